The molecule has 2 aromatic carbocycles. The SMILES string of the molecule is CCC(NC)(Oc1ccccc1C)c1ccccc1. The average Bonchev–Trinajstić information content (AvgIpc) is 2.48. The van der Waals surface area contributed by atoms with Crippen LogP contribution >= 0.6 is 0 Å². The van der Waals surface area contributed by atoms with Crippen molar-refractivity contribution in [2.45, 2.75) is 26.0 Å². The van der Waals surface area contributed by atoms with E-state index in [9.17, 15) is 0 Å². The van der Waals surface area contributed by atoms with E-state index in [2.05, 4.69) is 37.4 Å². The van der Waals surface area contributed by atoms with Crippen LogP contribution in [0.4, 0.5) is 0 Å². The van der Waals surface area contributed by atoms with Crippen LogP contribution in [0.2, 0.25) is 0 Å². The van der Waals surface area contributed by atoms with Crippen LogP contribution in [0.3, 0.4) is 0 Å². The quantitative estimate of drug-likeness (QED) is 0.819. The van der Waals surface area contributed by atoms with Crippen LogP contribution in [0.1, 0.15) is 24.5 Å². The van der Waals surface area contributed by atoms with Crippen LogP contribution < -0.4 is 10.1 Å². The Labute approximate surface area is 115 Å². The van der Waals surface area contributed by atoms with Crippen LogP contribution in [0.15, 0.2) is 54.6 Å². The lowest BCUT2D eigenvalue weighted by atomic mass is 9.99. The molecule has 0 saturated heterocycles. The first-order valence-corrected chi connectivity index (χ1v) is 6.71. The van der Waals surface area contributed by atoms with Gasteiger partial charge in [0.25, 0.3) is 0 Å². The number of rotatable bonds is 5. The summed E-state index contributed by atoms with van der Waals surface area (Å²) in [4.78, 5) is 0. The van der Waals surface area contributed by atoms with Crippen LogP contribution in [0.5, 0.6) is 5.75 Å². The molecule has 1 unspecified atom stereocenters. The molecule has 2 nitrogen and oxygen atoms in total. The van der Waals surface area contributed by atoms with Gasteiger partial charge in [-0.05, 0) is 25.6 Å². The summed E-state index contributed by atoms with van der Waals surface area (Å²) in [5.41, 5.74) is 1.81. The zero-order valence-electron chi connectivity index (χ0n) is 11.8. The predicted octanol–water partition coefficient (Wildman–Crippen LogP) is 3.86. The second-order valence-electron chi connectivity index (χ2n) is 4.66. The molecule has 0 aliphatic heterocycles. The highest BCUT2D eigenvalue weighted by molar-refractivity contribution is 5.34. The maximum atomic E-state index is 6.31. The molecule has 19 heavy (non-hydrogen) atoms. The van der Waals surface area contributed by atoms with Crippen LogP contribution in [0, 0.1) is 6.92 Å². The van der Waals surface area contributed by atoms with Gasteiger partial charge in [0.15, 0.2) is 5.72 Å². The van der Waals surface area contributed by atoms with E-state index in [0.717, 1.165) is 23.3 Å². The maximum Gasteiger partial charge on any atom is 0.186 e. The molecule has 0 radical (unpaired) electrons. The highest BCUT2D eigenvalue weighted by Crippen LogP contribution is 2.30. The summed E-state index contributed by atoms with van der Waals surface area (Å²) in [5, 5.41) is 3.34. The zero-order valence-corrected chi connectivity index (χ0v) is 11.8. The molecule has 100 valence electrons. The largest absolute Gasteiger partial charge is 0.468 e. The molecule has 1 atom stereocenters. The molecule has 0 bridgehead atoms. The molecular formula is C17H21NO. The van der Waals surface area contributed by atoms with E-state index in [-0.39, 0.29) is 0 Å². The summed E-state index contributed by atoms with van der Waals surface area (Å²) in [5.74, 6) is 0.919. The van der Waals surface area contributed by atoms with Gasteiger partial charge in [0.2, 0.25) is 0 Å². The number of para-hydroxylation sites is 1. The summed E-state index contributed by atoms with van der Waals surface area (Å²) in [6.45, 7) is 4.19. The molecular weight excluding hydrogens is 234 g/mol. The normalized spacial score (nSPS) is 13.8. The van der Waals surface area contributed by atoms with Gasteiger partial charge in [-0.15, -0.1) is 0 Å². The Morgan fingerprint density at radius 3 is 2.21 bits per heavy atom. The van der Waals surface area contributed by atoms with Gasteiger partial charge < -0.3 is 4.74 Å². The van der Waals surface area contributed by atoms with Gasteiger partial charge in [-0.25, -0.2) is 0 Å². The fourth-order valence-corrected chi connectivity index (χ4v) is 2.27. The van der Waals surface area contributed by atoms with Crippen molar-refractivity contribution in [1.82, 2.24) is 5.32 Å². The molecule has 2 heteroatoms. The third-order valence-electron chi connectivity index (χ3n) is 3.52. The lowest BCUT2D eigenvalue weighted by Gasteiger charge is -2.34. The van der Waals surface area contributed by atoms with Gasteiger partial charge in [0, 0.05) is 12.0 Å². The number of aryl methyl sites for hydroxylation is 1. The average molecular weight is 255 g/mol. The van der Waals surface area contributed by atoms with Crippen molar-refractivity contribution in [3.05, 3.63) is 65.7 Å². The Balaban J connectivity index is 2.38. The van der Waals surface area contributed by atoms with E-state index in [1.54, 1.807) is 0 Å². The molecule has 0 fully saturated rings. The molecule has 0 aliphatic carbocycles. The monoisotopic (exact) mass is 255 g/mol. The highest BCUT2D eigenvalue weighted by atomic mass is 16.5. The Hall–Kier alpha value is -1.80. The van der Waals surface area contributed by atoms with Gasteiger partial charge >= 0.3 is 0 Å². The van der Waals surface area contributed by atoms with Gasteiger partial charge in [-0.2, -0.15) is 0 Å². The number of hydrogen-bond donors (Lipinski definition) is 1. The highest BCUT2D eigenvalue weighted by Gasteiger charge is 2.30. The van der Waals surface area contributed by atoms with Gasteiger partial charge in [0.05, 0.1) is 0 Å². The smallest absolute Gasteiger partial charge is 0.186 e. The molecule has 2 aromatic rings. The standard InChI is InChI=1S/C17H21NO/c1-4-17(18-3,15-11-6-5-7-12-15)19-16-13-9-8-10-14(16)2/h5-13,18H,4H2,1-3H3. The van der Waals surface area contributed by atoms with Crippen molar-refractivity contribution in [2.24, 2.45) is 0 Å². The van der Waals surface area contributed by atoms with Crippen molar-refractivity contribution in [2.75, 3.05) is 7.05 Å². The molecule has 0 spiro atoms. The van der Waals surface area contributed by atoms with Gasteiger partial charge in [0.1, 0.15) is 5.75 Å². The minimum absolute atomic E-state index is 0.479. The Morgan fingerprint density at radius 1 is 1.00 bits per heavy atom. The van der Waals surface area contributed by atoms with E-state index < -0.39 is 5.72 Å². The van der Waals surface area contributed by atoms with Crippen LogP contribution in [-0.4, -0.2) is 7.05 Å². The van der Waals surface area contributed by atoms with Crippen molar-refractivity contribution in [3.8, 4) is 5.75 Å². The minimum atomic E-state index is -0.479. The first-order valence-electron chi connectivity index (χ1n) is 6.71. The van der Waals surface area contributed by atoms with Crippen LogP contribution in [0.25, 0.3) is 0 Å². The van der Waals surface area contributed by atoms with E-state index in [0.29, 0.717) is 0 Å². The van der Waals surface area contributed by atoms with Crippen molar-refractivity contribution in [3.63, 3.8) is 0 Å². The fraction of sp³-hybridized carbons (Fsp3) is 0.294. The molecule has 2 rings (SSSR count). The maximum absolute atomic E-state index is 6.31. The third kappa shape index (κ3) is 2.79. The van der Waals surface area contributed by atoms with Crippen molar-refractivity contribution < 1.29 is 4.74 Å². The lowest BCUT2D eigenvalue weighted by molar-refractivity contribution is 0.0319. The van der Waals surface area contributed by atoms with Crippen molar-refractivity contribution in [1.29, 1.82) is 0 Å². The van der Waals surface area contributed by atoms with Crippen molar-refractivity contribution >= 4 is 0 Å². The summed E-state index contributed by atoms with van der Waals surface area (Å²) < 4.78 is 6.31. The fourth-order valence-electron chi connectivity index (χ4n) is 2.27. The number of benzene rings is 2. The van der Waals surface area contributed by atoms with E-state index in [4.69, 9.17) is 4.74 Å². The summed E-state index contributed by atoms with van der Waals surface area (Å²) >= 11 is 0. The molecule has 0 aliphatic rings. The Kier molecular flexibility index (Phi) is 4.23. The van der Waals surface area contributed by atoms with E-state index in [1.807, 2.05) is 43.4 Å². The number of hydrogen-bond acceptors (Lipinski definition) is 2. The van der Waals surface area contributed by atoms with Gasteiger partial charge in [-0.3, -0.25) is 5.32 Å². The van der Waals surface area contributed by atoms with E-state index in [1.165, 1.54) is 0 Å². The lowest BCUT2D eigenvalue weighted by Crippen LogP contribution is -2.45. The molecule has 1 N–H and O–H groups in total. The summed E-state index contributed by atoms with van der Waals surface area (Å²) in [6, 6.07) is 18.4. The second kappa shape index (κ2) is 5.89. The molecule has 0 amide bonds. The van der Waals surface area contributed by atoms with Gasteiger partial charge in [-0.1, -0.05) is 55.5 Å². The first-order chi connectivity index (χ1) is 9.22. The third-order valence-corrected chi connectivity index (χ3v) is 3.52. The predicted molar refractivity (Wildman–Crippen MR) is 79.3 cm³/mol. The Morgan fingerprint density at radius 2 is 1.63 bits per heavy atom. The van der Waals surface area contributed by atoms with E-state index >= 15 is 0 Å². The topological polar surface area (TPSA) is 21.3 Å². The minimum Gasteiger partial charge on any atom is -0.468 e. The Bertz CT molecular complexity index is 518. The number of nitrogens with one attached hydrogen (secondary N) is 1. The number of ether oxygens (including phenoxy) is 1. The van der Waals surface area contributed by atoms with Crippen LogP contribution in [-0.2, 0) is 5.72 Å². The first kappa shape index (κ1) is 13.6. The molecule has 0 heterocycles. The summed E-state index contributed by atoms with van der Waals surface area (Å²) in [7, 11) is 1.94. The second-order valence-corrected chi connectivity index (χ2v) is 4.66. The molecule has 0 saturated carbocycles. The summed E-state index contributed by atoms with van der Waals surface area (Å²) in [6.07, 6.45) is 0.849. The molecule has 0 aromatic heterocycles. The zero-order chi connectivity index (χ0) is 13.7.